The minimum absolute atomic E-state index is 0.0828. The molecule has 1 aromatic rings. The third kappa shape index (κ3) is 1.10. The highest BCUT2D eigenvalue weighted by molar-refractivity contribution is 7.10. The predicted octanol–water partition coefficient (Wildman–Crippen LogP) is 2.56. The Labute approximate surface area is 71.0 Å². The van der Waals surface area contributed by atoms with Crippen LogP contribution in [0.25, 0.3) is 0 Å². The Bertz CT molecular complexity index is 260. The predicted molar refractivity (Wildman–Crippen MR) is 47.0 cm³/mol. The number of epoxide rings is 1. The molecule has 1 aliphatic rings. The van der Waals surface area contributed by atoms with Gasteiger partial charge in [0.05, 0.1) is 6.61 Å². The molecule has 60 valence electrons. The van der Waals surface area contributed by atoms with Crippen LogP contribution in [0.2, 0.25) is 0 Å². The lowest BCUT2D eigenvalue weighted by Crippen LogP contribution is -2.01. The van der Waals surface area contributed by atoms with Crippen molar-refractivity contribution in [1.82, 2.24) is 0 Å². The van der Waals surface area contributed by atoms with Crippen molar-refractivity contribution in [1.29, 1.82) is 0 Å². The summed E-state index contributed by atoms with van der Waals surface area (Å²) < 4.78 is 5.39. The number of rotatable bonds is 2. The third-order valence-electron chi connectivity index (χ3n) is 2.19. The van der Waals surface area contributed by atoms with Crippen LogP contribution < -0.4 is 0 Å². The number of hydrogen-bond acceptors (Lipinski definition) is 2. The minimum atomic E-state index is 0.0828. The van der Waals surface area contributed by atoms with E-state index in [0.29, 0.717) is 0 Å². The molecule has 0 radical (unpaired) electrons. The summed E-state index contributed by atoms with van der Waals surface area (Å²) in [5.74, 6) is 0. The van der Waals surface area contributed by atoms with Gasteiger partial charge in [-0.05, 0) is 30.4 Å². The molecule has 1 unspecified atom stereocenters. The monoisotopic (exact) mass is 168 g/mol. The Balaban J connectivity index is 2.36. The van der Waals surface area contributed by atoms with Crippen LogP contribution in [0.15, 0.2) is 11.4 Å². The highest BCUT2D eigenvalue weighted by atomic mass is 32.1. The molecule has 0 amide bonds. The summed E-state index contributed by atoms with van der Waals surface area (Å²) in [5, 5.41) is 2.15. The van der Waals surface area contributed by atoms with Gasteiger partial charge in [-0.2, -0.15) is 0 Å². The summed E-state index contributed by atoms with van der Waals surface area (Å²) in [6.45, 7) is 5.26. The van der Waals surface area contributed by atoms with Crippen molar-refractivity contribution in [3.8, 4) is 0 Å². The summed E-state index contributed by atoms with van der Waals surface area (Å²) in [5.41, 5.74) is 1.54. The van der Waals surface area contributed by atoms with E-state index in [1.807, 2.05) is 11.3 Å². The molecule has 1 saturated heterocycles. The SMILES string of the molecule is CCc1ccsc1C1(C)CO1. The Morgan fingerprint density at radius 2 is 2.45 bits per heavy atom. The zero-order valence-electron chi connectivity index (χ0n) is 6.89. The zero-order chi connectivity index (χ0) is 7.90. The molecule has 1 fully saturated rings. The first-order chi connectivity index (χ1) is 5.26. The van der Waals surface area contributed by atoms with Gasteiger partial charge in [-0.3, -0.25) is 0 Å². The fourth-order valence-corrected chi connectivity index (χ4v) is 2.42. The quantitative estimate of drug-likeness (QED) is 0.618. The minimum Gasteiger partial charge on any atom is -0.364 e. The van der Waals surface area contributed by atoms with Crippen molar-refractivity contribution in [3.05, 3.63) is 21.9 Å². The van der Waals surface area contributed by atoms with Gasteiger partial charge in [0.15, 0.2) is 0 Å². The van der Waals surface area contributed by atoms with Crippen LogP contribution in [0, 0.1) is 0 Å². The fraction of sp³-hybridized carbons (Fsp3) is 0.556. The average molecular weight is 168 g/mol. The van der Waals surface area contributed by atoms with Gasteiger partial charge in [0.25, 0.3) is 0 Å². The van der Waals surface area contributed by atoms with Crippen molar-refractivity contribution >= 4 is 11.3 Å². The van der Waals surface area contributed by atoms with E-state index in [2.05, 4.69) is 25.3 Å². The van der Waals surface area contributed by atoms with Gasteiger partial charge in [-0.15, -0.1) is 11.3 Å². The van der Waals surface area contributed by atoms with Crippen molar-refractivity contribution < 1.29 is 4.74 Å². The molecular weight excluding hydrogens is 156 g/mol. The lowest BCUT2D eigenvalue weighted by molar-refractivity contribution is 0.332. The Morgan fingerprint density at radius 1 is 1.73 bits per heavy atom. The van der Waals surface area contributed by atoms with Crippen molar-refractivity contribution in [2.75, 3.05) is 6.61 Å². The normalized spacial score (nSPS) is 28.9. The second kappa shape index (κ2) is 2.32. The summed E-state index contributed by atoms with van der Waals surface area (Å²) in [6, 6.07) is 2.20. The van der Waals surface area contributed by atoms with E-state index in [1.165, 1.54) is 10.4 Å². The maximum Gasteiger partial charge on any atom is 0.123 e. The van der Waals surface area contributed by atoms with Gasteiger partial charge in [0, 0.05) is 4.88 Å². The van der Waals surface area contributed by atoms with Gasteiger partial charge >= 0.3 is 0 Å². The summed E-state index contributed by atoms with van der Waals surface area (Å²) in [4.78, 5) is 1.43. The first-order valence-corrected chi connectivity index (χ1v) is 4.85. The van der Waals surface area contributed by atoms with Gasteiger partial charge < -0.3 is 4.74 Å². The molecule has 0 spiro atoms. The number of thiophene rings is 1. The Hall–Kier alpha value is -0.340. The molecule has 0 N–H and O–H groups in total. The molecular formula is C9H12OS. The van der Waals surface area contributed by atoms with E-state index < -0.39 is 0 Å². The third-order valence-corrected chi connectivity index (χ3v) is 3.39. The van der Waals surface area contributed by atoms with Crippen LogP contribution in [0.4, 0.5) is 0 Å². The van der Waals surface area contributed by atoms with Crippen LogP contribution in [0.1, 0.15) is 24.3 Å². The second-order valence-electron chi connectivity index (χ2n) is 3.15. The van der Waals surface area contributed by atoms with E-state index in [4.69, 9.17) is 4.74 Å². The van der Waals surface area contributed by atoms with Gasteiger partial charge in [0.1, 0.15) is 5.60 Å². The fourth-order valence-electron chi connectivity index (χ4n) is 1.32. The first kappa shape index (κ1) is 7.32. The molecule has 2 heteroatoms. The van der Waals surface area contributed by atoms with Gasteiger partial charge in [-0.1, -0.05) is 6.92 Å². The van der Waals surface area contributed by atoms with Crippen LogP contribution >= 0.6 is 11.3 Å². The average Bonchev–Trinajstić information content (AvgIpc) is 2.61. The van der Waals surface area contributed by atoms with E-state index in [9.17, 15) is 0 Å². The summed E-state index contributed by atoms with van der Waals surface area (Å²) in [7, 11) is 0. The smallest absolute Gasteiger partial charge is 0.123 e. The molecule has 2 heterocycles. The van der Waals surface area contributed by atoms with Crippen molar-refractivity contribution in [2.45, 2.75) is 25.9 Å². The highest BCUT2D eigenvalue weighted by Crippen LogP contribution is 2.42. The largest absolute Gasteiger partial charge is 0.364 e. The molecule has 11 heavy (non-hydrogen) atoms. The highest BCUT2D eigenvalue weighted by Gasteiger charge is 2.43. The first-order valence-electron chi connectivity index (χ1n) is 3.97. The molecule has 0 aromatic carbocycles. The zero-order valence-corrected chi connectivity index (χ0v) is 7.70. The molecule has 0 aliphatic carbocycles. The van der Waals surface area contributed by atoms with Crippen LogP contribution in [-0.4, -0.2) is 6.61 Å². The Kier molecular flexibility index (Phi) is 1.55. The molecule has 2 rings (SSSR count). The summed E-state index contributed by atoms with van der Waals surface area (Å²) in [6.07, 6.45) is 1.12. The van der Waals surface area contributed by atoms with Crippen molar-refractivity contribution in [2.24, 2.45) is 0 Å². The molecule has 1 aliphatic heterocycles. The number of hydrogen-bond donors (Lipinski definition) is 0. The topological polar surface area (TPSA) is 12.5 Å². The van der Waals surface area contributed by atoms with Gasteiger partial charge in [-0.25, -0.2) is 0 Å². The van der Waals surface area contributed by atoms with E-state index >= 15 is 0 Å². The van der Waals surface area contributed by atoms with Crippen molar-refractivity contribution in [3.63, 3.8) is 0 Å². The standard InChI is InChI=1S/C9H12OS/c1-3-7-4-5-11-8(7)9(2)6-10-9/h4-5H,3,6H2,1-2H3. The lowest BCUT2D eigenvalue weighted by Gasteiger charge is -2.03. The second-order valence-corrected chi connectivity index (χ2v) is 4.06. The lowest BCUT2D eigenvalue weighted by atomic mass is 10.1. The summed E-state index contributed by atoms with van der Waals surface area (Å²) >= 11 is 1.82. The molecule has 0 saturated carbocycles. The number of aryl methyl sites for hydroxylation is 1. The molecule has 1 aromatic heterocycles. The van der Waals surface area contributed by atoms with E-state index in [0.717, 1.165) is 13.0 Å². The van der Waals surface area contributed by atoms with E-state index in [1.54, 1.807) is 0 Å². The molecule has 0 bridgehead atoms. The molecule has 1 atom stereocenters. The number of ether oxygens (including phenoxy) is 1. The van der Waals surface area contributed by atoms with Crippen LogP contribution in [0.3, 0.4) is 0 Å². The van der Waals surface area contributed by atoms with Crippen LogP contribution in [0.5, 0.6) is 0 Å². The Morgan fingerprint density at radius 3 is 3.00 bits per heavy atom. The van der Waals surface area contributed by atoms with E-state index in [-0.39, 0.29) is 5.60 Å². The van der Waals surface area contributed by atoms with Gasteiger partial charge in [0.2, 0.25) is 0 Å². The maximum absolute atomic E-state index is 5.39. The maximum atomic E-state index is 5.39. The van der Waals surface area contributed by atoms with Crippen LogP contribution in [-0.2, 0) is 16.8 Å². The molecule has 1 nitrogen and oxygen atoms in total.